The van der Waals surface area contributed by atoms with Crippen LogP contribution in [0.3, 0.4) is 0 Å². The van der Waals surface area contributed by atoms with Crippen LogP contribution >= 0.6 is 0 Å². The van der Waals surface area contributed by atoms with Gasteiger partial charge >= 0.3 is 5.97 Å². The molecule has 14 heavy (non-hydrogen) atoms. The highest BCUT2D eigenvalue weighted by atomic mass is 16.5. The Morgan fingerprint density at radius 3 is 2.43 bits per heavy atom. The molecule has 0 rings (SSSR count). The predicted molar refractivity (Wildman–Crippen MR) is 52.8 cm³/mol. The lowest BCUT2D eigenvalue weighted by Crippen LogP contribution is -2.35. The van der Waals surface area contributed by atoms with E-state index in [4.69, 9.17) is 0 Å². The van der Waals surface area contributed by atoms with Gasteiger partial charge < -0.3 is 14.9 Å². The van der Waals surface area contributed by atoms with Crippen molar-refractivity contribution in [3.05, 3.63) is 0 Å². The minimum absolute atomic E-state index is 0.220. The molecule has 0 amide bonds. The zero-order valence-corrected chi connectivity index (χ0v) is 8.90. The Hall–Kier alpha value is -0.610. The molecule has 2 atom stereocenters. The number of ether oxygens (including phenoxy) is 1. The Balaban J connectivity index is 3.74. The van der Waals surface area contributed by atoms with Crippen molar-refractivity contribution in [2.75, 3.05) is 6.61 Å². The SMILES string of the molecule is CCCCC[C@@H](O)[C@H](O)C(=O)OCC. The first-order valence-corrected chi connectivity index (χ1v) is 5.16. The van der Waals surface area contributed by atoms with E-state index in [0.29, 0.717) is 6.42 Å². The largest absolute Gasteiger partial charge is 0.464 e. The lowest BCUT2D eigenvalue weighted by molar-refractivity contribution is -0.159. The Morgan fingerprint density at radius 1 is 1.29 bits per heavy atom. The smallest absolute Gasteiger partial charge is 0.337 e. The minimum atomic E-state index is -1.40. The second-order valence-corrected chi connectivity index (χ2v) is 3.26. The van der Waals surface area contributed by atoms with E-state index >= 15 is 0 Å². The Labute approximate surface area is 84.9 Å². The maximum absolute atomic E-state index is 11.0. The molecule has 4 heteroatoms. The molecule has 0 saturated carbocycles. The molecule has 0 aromatic rings. The van der Waals surface area contributed by atoms with E-state index in [1.807, 2.05) is 6.92 Å². The number of carbonyl (C=O) groups is 1. The van der Waals surface area contributed by atoms with Gasteiger partial charge in [0.2, 0.25) is 0 Å². The van der Waals surface area contributed by atoms with Crippen LogP contribution in [0.1, 0.15) is 39.5 Å². The van der Waals surface area contributed by atoms with Crippen molar-refractivity contribution in [1.82, 2.24) is 0 Å². The normalized spacial score (nSPS) is 14.9. The third-order valence-electron chi connectivity index (χ3n) is 2.00. The average molecular weight is 204 g/mol. The molecular weight excluding hydrogens is 184 g/mol. The monoisotopic (exact) mass is 204 g/mol. The van der Waals surface area contributed by atoms with E-state index < -0.39 is 18.2 Å². The molecule has 0 saturated heterocycles. The van der Waals surface area contributed by atoms with E-state index in [2.05, 4.69) is 4.74 Å². The number of aliphatic hydroxyl groups excluding tert-OH is 2. The number of aliphatic hydroxyl groups is 2. The first-order valence-electron chi connectivity index (χ1n) is 5.16. The molecule has 0 spiro atoms. The molecule has 4 nitrogen and oxygen atoms in total. The third-order valence-corrected chi connectivity index (χ3v) is 2.00. The molecule has 0 aliphatic heterocycles. The van der Waals surface area contributed by atoms with Crippen LogP contribution in [0.25, 0.3) is 0 Å². The van der Waals surface area contributed by atoms with Crippen LogP contribution in [0.4, 0.5) is 0 Å². The molecule has 0 aromatic heterocycles. The molecule has 0 aliphatic rings. The number of esters is 1. The summed E-state index contributed by atoms with van der Waals surface area (Å²) in [5, 5.41) is 18.7. The van der Waals surface area contributed by atoms with Gasteiger partial charge in [-0.05, 0) is 13.3 Å². The van der Waals surface area contributed by atoms with Crippen LogP contribution in [0.5, 0.6) is 0 Å². The van der Waals surface area contributed by atoms with Crippen molar-refractivity contribution >= 4 is 5.97 Å². The van der Waals surface area contributed by atoms with Gasteiger partial charge in [0.05, 0.1) is 12.7 Å². The van der Waals surface area contributed by atoms with E-state index in [-0.39, 0.29) is 6.61 Å². The molecule has 0 aromatic carbocycles. The summed E-state index contributed by atoms with van der Waals surface area (Å²) in [6.45, 7) is 3.93. The summed E-state index contributed by atoms with van der Waals surface area (Å²) >= 11 is 0. The van der Waals surface area contributed by atoms with Gasteiger partial charge in [0.15, 0.2) is 6.10 Å². The number of carbonyl (C=O) groups excluding carboxylic acids is 1. The summed E-state index contributed by atoms with van der Waals surface area (Å²) in [5.41, 5.74) is 0. The highest BCUT2D eigenvalue weighted by Crippen LogP contribution is 2.07. The van der Waals surface area contributed by atoms with Crippen molar-refractivity contribution in [3.63, 3.8) is 0 Å². The second kappa shape index (κ2) is 7.76. The fraction of sp³-hybridized carbons (Fsp3) is 0.900. The second-order valence-electron chi connectivity index (χ2n) is 3.26. The van der Waals surface area contributed by atoms with Crippen molar-refractivity contribution in [1.29, 1.82) is 0 Å². The zero-order valence-electron chi connectivity index (χ0n) is 8.90. The predicted octanol–water partition coefficient (Wildman–Crippen LogP) is 0.852. The van der Waals surface area contributed by atoms with Crippen LogP contribution < -0.4 is 0 Å². The average Bonchev–Trinajstić information content (AvgIpc) is 2.17. The number of hydrogen-bond donors (Lipinski definition) is 2. The number of unbranched alkanes of at least 4 members (excludes halogenated alkanes) is 2. The van der Waals surface area contributed by atoms with Gasteiger partial charge in [0, 0.05) is 0 Å². The molecular formula is C10H20O4. The molecule has 0 aliphatic carbocycles. The maximum Gasteiger partial charge on any atom is 0.337 e. The van der Waals surface area contributed by atoms with Crippen LogP contribution in [0, 0.1) is 0 Å². The Kier molecular flexibility index (Phi) is 7.42. The summed E-state index contributed by atoms with van der Waals surface area (Å²) in [6, 6.07) is 0. The van der Waals surface area contributed by atoms with E-state index in [0.717, 1.165) is 19.3 Å². The lowest BCUT2D eigenvalue weighted by atomic mass is 10.1. The van der Waals surface area contributed by atoms with Gasteiger partial charge in [-0.3, -0.25) is 0 Å². The Morgan fingerprint density at radius 2 is 1.93 bits per heavy atom. The van der Waals surface area contributed by atoms with Crippen molar-refractivity contribution in [2.24, 2.45) is 0 Å². The molecule has 0 unspecified atom stereocenters. The van der Waals surface area contributed by atoms with Crippen LogP contribution in [-0.4, -0.2) is 35.0 Å². The van der Waals surface area contributed by atoms with E-state index in [1.54, 1.807) is 6.92 Å². The Bertz CT molecular complexity index is 158. The molecule has 0 radical (unpaired) electrons. The van der Waals surface area contributed by atoms with Gasteiger partial charge in [0.25, 0.3) is 0 Å². The van der Waals surface area contributed by atoms with Crippen molar-refractivity contribution < 1.29 is 19.7 Å². The summed E-state index contributed by atoms with van der Waals surface area (Å²) in [4.78, 5) is 11.0. The van der Waals surface area contributed by atoms with Crippen LogP contribution in [0.15, 0.2) is 0 Å². The lowest BCUT2D eigenvalue weighted by Gasteiger charge is -2.15. The summed E-state index contributed by atoms with van der Waals surface area (Å²) < 4.78 is 4.58. The summed E-state index contributed by atoms with van der Waals surface area (Å²) in [5.74, 6) is -0.739. The van der Waals surface area contributed by atoms with Gasteiger partial charge in [-0.15, -0.1) is 0 Å². The first kappa shape index (κ1) is 13.4. The van der Waals surface area contributed by atoms with Crippen molar-refractivity contribution in [2.45, 2.75) is 51.7 Å². The molecule has 0 bridgehead atoms. The van der Waals surface area contributed by atoms with E-state index in [9.17, 15) is 15.0 Å². The minimum Gasteiger partial charge on any atom is -0.464 e. The molecule has 2 N–H and O–H groups in total. The summed E-state index contributed by atoms with van der Waals surface area (Å²) in [6.07, 6.45) is 0.893. The fourth-order valence-electron chi connectivity index (χ4n) is 1.15. The van der Waals surface area contributed by atoms with Gasteiger partial charge in [-0.25, -0.2) is 4.79 Å². The summed E-state index contributed by atoms with van der Waals surface area (Å²) in [7, 11) is 0. The topological polar surface area (TPSA) is 66.8 Å². The van der Waals surface area contributed by atoms with Gasteiger partial charge in [-0.1, -0.05) is 26.2 Å². The molecule has 0 fully saturated rings. The molecule has 0 heterocycles. The zero-order chi connectivity index (χ0) is 11.0. The highest BCUT2D eigenvalue weighted by molar-refractivity contribution is 5.75. The van der Waals surface area contributed by atoms with Crippen LogP contribution in [0.2, 0.25) is 0 Å². The van der Waals surface area contributed by atoms with E-state index in [1.165, 1.54) is 0 Å². The standard InChI is InChI=1S/C10H20O4/c1-3-5-6-7-8(11)9(12)10(13)14-4-2/h8-9,11-12H,3-7H2,1-2H3/t8-,9+/m1/s1. The third kappa shape index (κ3) is 5.19. The van der Waals surface area contributed by atoms with Gasteiger partial charge in [-0.2, -0.15) is 0 Å². The number of rotatable bonds is 7. The molecule has 84 valence electrons. The van der Waals surface area contributed by atoms with Crippen molar-refractivity contribution in [3.8, 4) is 0 Å². The highest BCUT2D eigenvalue weighted by Gasteiger charge is 2.24. The van der Waals surface area contributed by atoms with Crippen LogP contribution in [-0.2, 0) is 9.53 Å². The quantitative estimate of drug-likeness (QED) is 0.476. The fourth-order valence-corrected chi connectivity index (χ4v) is 1.15. The van der Waals surface area contributed by atoms with Gasteiger partial charge in [0.1, 0.15) is 0 Å². The first-order chi connectivity index (χ1) is 6.63. The number of hydrogen-bond acceptors (Lipinski definition) is 4. The maximum atomic E-state index is 11.0.